The molecule has 0 spiro atoms. The van der Waals surface area contributed by atoms with Crippen molar-refractivity contribution in [2.24, 2.45) is 0 Å². The van der Waals surface area contributed by atoms with Crippen molar-refractivity contribution in [2.45, 2.75) is 39.7 Å². The first-order valence-corrected chi connectivity index (χ1v) is 8.27. The summed E-state index contributed by atoms with van der Waals surface area (Å²) in [6, 6.07) is 0.620. The summed E-state index contributed by atoms with van der Waals surface area (Å²) in [5.74, 6) is -0.952. The molecule has 0 aliphatic carbocycles. The van der Waals surface area contributed by atoms with Crippen LogP contribution in [0.4, 0.5) is 0 Å². The summed E-state index contributed by atoms with van der Waals surface area (Å²) in [4.78, 5) is 10.7. The van der Waals surface area contributed by atoms with Gasteiger partial charge in [-0.25, -0.2) is 4.79 Å². The van der Waals surface area contributed by atoms with Crippen LogP contribution in [0.1, 0.15) is 33.6 Å². The molecule has 0 aliphatic heterocycles. The van der Waals surface area contributed by atoms with E-state index in [1.807, 2.05) is 20.8 Å². The van der Waals surface area contributed by atoms with E-state index in [0.29, 0.717) is 38.7 Å². The van der Waals surface area contributed by atoms with Crippen molar-refractivity contribution in [3.05, 3.63) is 12.2 Å². The Labute approximate surface area is 110 Å². The maximum absolute atomic E-state index is 10.7. The van der Waals surface area contributed by atoms with Gasteiger partial charge in [0.05, 0.1) is 0 Å². The molecule has 0 aliphatic rings. The van der Waals surface area contributed by atoms with Gasteiger partial charge >= 0.3 is 14.8 Å². The van der Waals surface area contributed by atoms with Gasteiger partial charge in [0.25, 0.3) is 0 Å². The van der Waals surface area contributed by atoms with Gasteiger partial charge in [-0.2, -0.15) is 0 Å². The SMILES string of the molecule is C=C(CCC[Si](OCC)(OCC)OCC)C(=O)O. The van der Waals surface area contributed by atoms with Gasteiger partial charge in [0, 0.05) is 31.4 Å². The Morgan fingerprint density at radius 3 is 1.89 bits per heavy atom. The van der Waals surface area contributed by atoms with Crippen molar-refractivity contribution in [2.75, 3.05) is 19.8 Å². The van der Waals surface area contributed by atoms with Crippen LogP contribution in [-0.4, -0.2) is 39.7 Å². The standard InChI is InChI=1S/C12H24O5Si/c1-5-15-18(16-6-2,17-7-3)10-8-9-11(4)12(13)14/h4-10H2,1-3H3,(H,13,14). The van der Waals surface area contributed by atoms with E-state index in [2.05, 4.69) is 6.58 Å². The molecule has 0 rings (SSSR count). The summed E-state index contributed by atoms with van der Waals surface area (Å²) in [6.45, 7) is 10.8. The van der Waals surface area contributed by atoms with Crippen molar-refractivity contribution in [1.29, 1.82) is 0 Å². The van der Waals surface area contributed by atoms with Crippen molar-refractivity contribution >= 4 is 14.8 Å². The molecule has 0 fully saturated rings. The fraction of sp³-hybridized carbons (Fsp3) is 0.750. The average Bonchev–Trinajstić information content (AvgIpc) is 2.29. The number of carboxylic acid groups (broad SMARTS) is 1. The predicted molar refractivity (Wildman–Crippen MR) is 71.4 cm³/mol. The van der Waals surface area contributed by atoms with Gasteiger partial charge in [-0.05, 0) is 33.6 Å². The quantitative estimate of drug-likeness (QED) is 0.464. The van der Waals surface area contributed by atoms with Crippen molar-refractivity contribution < 1.29 is 23.2 Å². The van der Waals surface area contributed by atoms with E-state index in [9.17, 15) is 4.79 Å². The number of carbonyl (C=O) groups is 1. The highest BCUT2D eigenvalue weighted by molar-refractivity contribution is 6.60. The largest absolute Gasteiger partial charge is 0.500 e. The molecule has 0 aromatic rings. The molecule has 0 unspecified atom stereocenters. The van der Waals surface area contributed by atoms with Crippen molar-refractivity contribution in [1.82, 2.24) is 0 Å². The maximum atomic E-state index is 10.7. The normalized spacial score (nSPS) is 11.5. The molecule has 0 bridgehead atoms. The number of carboxylic acids is 1. The highest BCUT2D eigenvalue weighted by Gasteiger charge is 2.39. The van der Waals surface area contributed by atoms with Crippen LogP contribution in [0, 0.1) is 0 Å². The summed E-state index contributed by atoms with van der Waals surface area (Å²) in [5, 5.41) is 8.74. The van der Waals surface area contributed by atoms with Crippen LogP contribution in [0.25, 0.3) is 0 Å². The predicted octanol–water partition coefficient (Wildman–Crippen LogP) is 2.46. The van der Waals surface area contributed by atoms with E-state index >= 15 is 0 Å². The monoisotopic (exact) mass is 276 g/mol. The average molecular weight is 276 g/mol. The molecule has 0 saturated carbocycles. The van der Waals surface area contributed by atoms with E-state index < -0.39 is 14.8 Å². The van der Waals surface area contributed by atoms with Crippen LogP contribution in [0.2, 0.25) is 6.04 Å². The second kappa shape index (κ2) is 9.27. The molecule has 1 N–H and O–H groups in total. The molecular formula is C12H24O5Si. The zero-order chi connectivity index (χ0) is 14.0. The number of hydrogen-bond acceptors (Lipinski definition) is 4. The van der Waals surface area contributed by atoms with E-state index in [0.717, 1.165) is 0 Å². The minimum absolute atomic E-state index is 0.211. The van der Waals surface area contributed by atoms with Gasteiger partial charge in [-0.3, -0.25) is 0 Å². The summed E-state index contributed by atoms with van der Waals surface area (Å²) in [5.41, 5.74) is 0.211. The molecule has 0 radical (unpaired) electrons. The first-order valence-electron chi connectivity index (χ1n) is 6.34. The zero-order valence-corrected chi connectivity index (χ0v) is 12.5. The van der Waals surface area contributed by atoms with Crippen LogP contribution in [0.15, 0.2) is 12.2 Å². The van der Waals surface area contributed by atoms with Gasteiger partial charge in [-0.15, -0.1) is 0 Å². The molecule has 18 heavy (non-hydrogen) atoms. The molecule has 0 atom stereocenters. The molecule has 5 nitrogen and oxygen atoms in total. The summed E-state index contributed by atoms with van der Waals surface area (Å²) >= 11 is 0. The Kier molecular flexibility index (Phi) is 8.91. The second-order valence-corrected chi connectivity index (χ2v) is 6.48. The first-order chi connectivity index (χ1) is 8.51. The summed E-state index contributed by atoms with van der Waals surface area (Å²) in [6.07, 6.45) is 1.08. The molecule has 0 amide bonds. The van der Waals surface area contributed by atoms with Crippen LogP contribution in [0.5, 0.6) is 0 Å². The minimum Gasteiger partial charge on any atom is -0.478 e. The van der Waals surface area contributed by atoms with Gasteiger partial charge in [0.2, 0.25) is 0 Å². The third-order valence-corrected chi connectivity index (χ3v) is 5.51. The Hall–Kier alpha value is -0.693. The van der Waals surface area contributed by atoms with Crippen molar-refractivity contribution in [3.63, 3.8) is 0 Å². The van der Waals surface area contributed by atoms with E-state index in [1.54, 1.807) is 0 Å². The van der Waals surface area contributed by atoms with E-state index in [-0.39, 0.29) is 5.57 Å². The van der Waals surface area contributed by atoms with Crippen LogP contribution in [0.3, 0.4) is 0 Å². The molecule has 0 aromatic carbocycles. The fourth-order valence-corrected chi connectivity index (χ4v) is 4.24. The molecule has 0 aromatic heterocycles. The summed E-state index contributed by atoms with van der Waals surface area (Å²) < 4.78 is 17.0. The Morgan fingerprint density at radius 1 is 1.11 bits per heavy atom. The summed E-state index contributed by atoms with van der Waals surface area (Å²) in [7, 11) is -2.63. The number of rotatable bonds is 11. The minimum atomic E-state index is -2.63. The van der Waals surface area contributed by atoms with Crippen LogP contribution >= 0.6 is 0 Å². The van der Waals surface area contributed by atoms with Crippen LogP contribution < -0.4 is 0 Å². The lowest BCUT2D eigenvalue weighted by Crippen LogP contribution is -2.45. The molecule has 0 saturated heterocycles. The third-order valence-electron chi connectivity index (χ3n) is 2.36. The topological polar surface area (TPSA) is 65.0 Å². The lowest BCUT2D eigenvalue weighted by Gasteiger charge is -2.28. The Balaban J connectivity index is 4.37. The van der Waals surface area contributed by atoms with Gasteiger partial charge in [0.15, 0.2) is 0 Å². The molecule has 6 heteroatoms. The van der Waals surface area contributed by atoms with Crippen LogP contribution in [-0.2, 0) is 18.1 Å². The third kappa shape index (κ3) is 6.30. The highest BCUT2D eigenvalue weighted by atomic mass is 28.4. The number of hydrogen-bond donors (Lipinski definition) is 1. The van der Waals surface area contributed by atoms with Gasteiger partial charge in [0.1, 0.15) is 0 Å². The maximum Gasteiger partial charge on any atom is 0.500 e. The van der Waals surface area contributed by atoms with Gasteiger partial charge in [-0.1, -0.05) is 6.58 Å². The van der Waals surface area contributed by atoms with Gasteiger partial charge < -0.3 is 18.4 Å². The first kappa shape index (κ1) is 17.3. The lowest BCUT2D eigenvalue weighted by molar-refractivity contribution is -0.132. The van der Waals surface area contributed by atoms with Crippen molar-refractivity contribution in [3.8, 4) is 0 Å². The van der Waals surface area contributed by atoms with E-state index in [4.69, 9.17) is 18.4 Å². The molecule has 106 valence electrons. The second-order valence-electron chi connectivity index (χ2n) is 3.74. The zero-order valence-electron chi connectivity index (χ0n) is 11.5. The number of aliphatic carboxylic acids is 1. The molecule has 0 heterocycles. The van der Waals surface area contributed by atoms with E-state index in [1.165, 1.54) is 0 Å². The smallest absolute Gasteiger partial charge is 0.478 e. The highest BCUT2D eigenvalue weighted by Crippen LogP contribution is 2.20. The Morgan fingerprint density at radius 2 is 1.56 bits per heavy atom. The molecular weight excluding hydrogens is 252 g/mol. The lowest BCUT2D eigenvalue weighted by atomic mass is 10.2. The Bertz CT molecular complexity index is 250. The fourth-order valence-electron chi connectivity index (χ4n) is 1.63.